The molecule has 1 aliphatic rings. The molecule has 1 aromatic rings. The van der Waals surface area contributed by atoms with Crippen molar-refractivity contribution in [2.45, 2.75) is 25.6 Å². The number of rotatable bonds is 5. The maximum absolute atomic E-state index is 12.6. The molecule has 0 bridgehead atoms. The summed E-state index contributed by atoms with van der Waals surface area (Å²) in [5.74, 6) is 0.896. The summed E-state index contributed by atoms with van der Waals surface area (Å²) in [6.45, 7) is 2.04. The molecule has 0 unspecified atom stereocenters. The van der Waals surface area contributed by atoms with E-state index < -0.39 is 21.8 Å². The van der Waals surface area contributed by atoms with Crippen LogP contribution in [0.2, 0.25) is 0 Å². The van der Waals surface area contributed by atoms with E-state index in [2.05, 4.69) is 15.6 Å². The smallest absolute Gasteiger partial charge is 0.356 e. The summed E-state index contributed by atoms with van der Waals surface area (Å²) in [4.78, 5) is 4.11. The van der Waals surface area contributed by atoms with Gasteiger partial charge in [-0.05, 0) is 36.5 Å². The maximum atomic E-state index is 12.6. The Morgan fingerprint density at radius 1 is 1.18 bits per heavy atom. The molecule has 0 atom stereocenters. The second kappa shape index (κ2) is 10.6. The van der Waals surface area contributed by atoms with E-state index in [1.54, 1.807) is 7.05 Å². The quantitative estimate of drug-likeness (QED) is 0.346. The third kappa shape index (κ3) is 7.74. The van der Waals surface area contributed by atoms with Crippen LogP contribution in [-0.2, 0) is 22.7 Å². The molecule has 1 heterocycles. The highest BCUT2D eigenvalue weighted by atomic mass is 127. The largest absolute Gasteiger partial charge is 0.416 e. The van der Waals surface area contributed by atoms with Crippen LogP contribution < -0.4 is 10.6 Å². The first kappa shape index (κ1) is 25.0. The number of nitrogens with zero attached hydrogens (tertiary/aromatic N) is 2. The molecule has 1 aliphatic heterocycles. The molecular weight excluding hydrogens is 508 g/mol. The lowest BCUT2D eigenvalue weighted by Crippen LogP contribution is -2.43. The summed E-state index contributed by atoms with van der Waals surface area (Å²) in [7, 11) is -1.51. The van der Waals surface area contributed by atoms with Crippen LogP contribution in [0.3, 0.4) is 0 Å². The normalized spacial score (nSPS) is 17.1. The summed E-state index contributed by atoms with van der Waals surface area (Å²) in [5.41, 5.74) is 0.0432. The van der Waals surface area contributed by atoms with Crippen LogP contribution in [-0.4, -0.2) is 51.6 Å². The number of hydrogen-bond acceptors (Lipinski definition) is 3. The molecule has 1 aromatic carbocycles. The maximum Gasteiger partial charge on any atom is 0.416 e. The van der Waals surface area contributed by atoms with E-state index in [-0.39, 0.29) is 24.0 Å². The zero-order valence-corrected chi connectivity index (χ0v) is 18.9. The average Bonchev–Trinajstić information content (AvgIpc) is 2.61. The van der Waals surface area contributed by atoms with E-state index in [4.69, 9.17) is 0 Å². The Morgan fingerprint density at radius 2 is 1.75 bits per heavy atom. The van der Waals surface area contributed by atoms with Gasteiger partial charge in [-0.3, -0.25) is 4.99 Å². The Balaban J connectivity index is 0.00000392. The summed E-state index contributed by atoms with van der Waals surface area (Å²) in [6.07, 6.45) is -1.57. The van der Waals surface area contributed by atoms with Crippen LogP contribution in [0.5, 0.6) is 0 Å². The van der Waals surface area contributed by atoms with Gasteiger partial charge in [0.2, 0.25) is 10.0 Å². The molecule has 0 radical (unpaired) electrons. The van der Waals surface area contributed by atoms with Crippen LogP contribution in [0, 0.1) is 5.92 Å². The Bertz CT molecular complexity index is 747. The Labute approximate surface area is 181 Å². The Morgan fingerprint density at radius 3 is 2.21 bits per heavy atom. The van der Waals surface area contributed by atoms with Crippen LogP contribution in [0.15, 0.2) is 29.3 Å². The highest BCUT2D eigenvalue weighted by Crippen LogP contribution is 2.29. The van der Waals surface area contributed by atoms with Crippen molar-refractivity contribution in [1.29, 1.82) is 0 Å². The number of guanidine groups is 1. The Kier molecular flexibility index (Phi) is 9.47. The minimum Gasteiger partial charge on any atom is -0.356 e. The number of halogens is 4. The summed E-state index contributed by atoms with van der Waals surface area (Å²) >= 11 is 0. The van der Waals surface area contributed by atoms with E-state index >= 15 is 0 Å². The summed E-state index contributed by atoms with van der Waals surface area (Å²) in [5, 5.41) is 6.26. The molecular formula is C17H26F3IN4O2S. The predicted octanol–water partition coefficient (Wildman–Crippen LogP) is 2.66. The van der Waals surface area contributed by atoms with Gasteiger partial charge in [-0.25, -0.2) is 12.7 Å². The number of hydrogen-bond donors (Lipinski definition) is 2. The SMILES string of the molecule is CN=C(NCc1ccc(C(F)(F)F)cc1)NCC1CCN(S(C)(=O)=O)CC1.I. The Hall–Kier alpha value is -1.08. The van der Waals surface area contributed by atoms with Crippen molar-refractivity contribution in [3.05, 3.63) is 35.4 Å². The van der Waals surface area contributed by atoms with Gasteiger partial charge in [0.05, 0.1) is 11.8 Å². The van der Waals surface area contributed by atoms with Gasteiger partial charge in [0, 0.05) is 33.2 Å². The van der Waals surface area contributed by atoms with Crippen molar-refractivity contribution in [2.24, 2.45) is 10.9 Å². The molecule has 0 saturated carbocycles. The molecule has 1 fully saturated rings. The van der Waals surface area contributed by atoms with Crippen molar-refractivity contribution >= 4 is 40.0 Å². The molecule has 0 aromatic heterocycles. The number of alkyl halides is 3. The molecule has 0 spiro atoms. The number of benzene rings is 1. The van der Waals surface area contributed by atoms with E-state index in [1.165, 1.54) is 22.7 Å². The lowest BCUT2D eigenvalue weighted by molar-refractivity contribution is -0.137. The van der Waals surface area contributed by atoms with Gasteiger partial charge in [0.1, 0.15) is 0 Å². The van der Waals surface area contributed by atoms with E-state index in [1.807, 2.05) is 0 Å². The van der Waals surface area contributed by atoms with Gasteiger partial charge in [-0.1, -0.05) is 12.1 Å². The molecule has 0 aliphatic carbocycles. The fourth-order valence-electron chi connectivity index (χ4n) is 2.90. The van der Waals surface area contributed by atoms with Gasteiger partial charge in [0.15, 0.2) is 5.96 Å². The fourth-order valence-corrected chi connectivity index (χ4v) is 3.78. The van der Waals surface area contributed by atoms with Gasteiger partial charge in [-0.2, -0.15) is 13.2 Å². The summed E-state index contributed by atoms with van der Waals surface area (Å²) < 4.78 is 62.2. The number of aliphatic imine (C=N–C) groups is 1. The zero-order valence-electron chi connectivity index (χ0n) is 15.8. The second-order valence-electron chi connectivity index (χ2n) is 6.61. The average molecular weight is 534 g/mol. The predicted molar refractivity (Wildman–Crippen MR) is 114 cm³/mol. The minimum atomic E-state index is -4.34. The molecule has 6 nitrogen and oxygen atoms in total. The molecule has 0 amide bonds. The van der Waals surface area contributed by atoms with E-state index in [9.17, 15) is 21.6 Å². The third-order valence-electron chi connectivity index (χ3n) is 4.57. The van der Waals surface area contributed by atoms with Crippen molar-refractivity contribution in [3.8, 4) is 0 Å². The zero-order chi connectivity index (χ0) is 20.1. The first-order valence-electron chi connectivity index (χ1n) is 8.65. The minimum absolute atomic E-state index is 0. The molecule has 160 valence electrons. The molecule has 2 rings (SSSR count). The lowest BCUT2D eigenvalue weighted by Gasteiger charge is -2.30. The van der Waals surface area contributed by atoms with Crippen LogP contribution >= 0.6 is 24.0 Å². The molecule has 28 heavy (non-hydrogen) atoms. The van der Waals surface area contributed by atoms with Gasteiger partial charge < -0.3 is 10.6 Å². The highest BCUT2D eigenvalue weighted by Gasteiger charge is 2.30. The standard InChI is InChI=1S/C17H25F3N4O2S.HI/c1-21-16(22-11-13-3-5-15(6-4-13)17(18,19)20)23-12-14-7-9-24(10-8-14)27(2,25)26;/h3-6,14H,7-12H2,1-2H3,(H2,21,22,23);1H. The first-order chi connectivity index (χ1) is 12.6. The first-order valence-corrected chi connectivity index (χ1v) is 10.5. The molecule has 2 N–H and O–H groups in total. The van der Waals surface area contributed by atoms with Gasteiger partial charge >= 0.3 is 6.18 Å². The number of nitrogens with one attached hydrogen (secondary N) is 2. The van der Waals surface area contributed by atoms with Gasteiger partial charge in [0.25, 0.3) is 0 Å². The van der Waals surface area contributed by atoms with Crippen LogP contribution in [0.1, 0.15) is 24.0 Å². The molecule has 1 saturated heterocycles. The lowest BCUT2D eigenvalue weighted by atomic mass is 9.98. The highest BCUT2D eigenvalue weighted by molar-refractivity contribution is 14.0. The number of piperidine rings is 1. The van der Waals surface area contributed by atoms with E-state index in [0.29, 0.717) is 43.6 Å². The van der Waals surface area contributed by atoms with Crippen LogP contribution in [0.4, 0.5) is 13.2 Å². The molecule has 11 heteroatoms. The number of sulfonamides is 1. The van der Waals surface area contributed by atoms with Crippen LogP contribution in [0.25, 0.3) is 0 Å². The fraction of sp³-hybridized carbons (Fsp3) is 0.588. The topological polar surface area (TPSA) is 73.8 Å². The monoisotopic (exact) mass is 534 g/mol. The second-order valence-corrected chi connectivity index (χ2v) is 8.59. The van der Waals surface area contributed by atoms with Crippen molar-refractivity contribution in [2.75, 3.05) is 32.9 Å². The van der Waals surface area contributed by atoms with Crippen molar-refractivity contribution in [3.63, 3.8) is 0 Å². The third-order valence-corrected chi connectivity index (χ3v) is 5.87. The van der Waals surface area contributed by atoms with Crippen molar-refractivity contribution in [1.82, 2.24) is 14.9 Å². The van der Waals surface area contributed by atoms with Gasteiger partial charge in [-0.15, -0.1) is 24.0 Å². The summed E-state index contributed by atoms with van der Waals surface area (Å²) in [6, 6.07) is 4.99. The van der Waals surface area contributed by atoms with Crippen molar-refractivity contribution < 1.29 is 21.6 Å². The van der Waals surface area contributed by atoms with E-state index in [0.717, 1.165) is 25.0 Å².